The molecule has 2 aliphatic rings. The largest absolute Gasteiger partial charge is 0.461 e. The summed E-state index contributed by atoms with van der Waals surface area (Å²) in [6, 6.07) is -14.2. The minimum atomic E-state index is -1.68. The zero-order chi connectivity index (χ0) is 70.1. The molecule has 2 heterocycles. The van der Waals surface area contributed by atoms with Gasteiger partial charge in [0.1, 0.15) is 72.6 Å². The van der Waals surface area contributed by atoms with Crippen molar-refractivity contribution in [1.82, 2.24) is 55.6 Å². The third-order valence-corrected chi connectivity index (χ3v) is 17.4. The summed E-state index contributed by atoms with van der Waals surface area (Å²) in [7, 11) is 8.45. The van der Waals surface area contributed by atoms with Gasteiger partial charge in [-0.2, -0.15) is 0 Å². The first-order chi connectivity index (χ1) is 42.1. The van der Waals surface area contributed by atoms with Gasteiger partial charge in [-0.05, 0) is 101 Å². The van der Waals surface area contributed by atoms with Crippen molar-refractivity contribution in [2.24, 2.45) is 41.4 Å². The zero-order valence-electron chi connectivity index (χ0n) is 59.2. The van der Waals surface area contributed by atoms with E-state index in [0.717, 1.165) is 4.90 Å². The summed E-state index contributed by atoms with van der Waals surface area (Å²) in [6.07, 6.45) is 1.50. The van der Waals surface area contributed by atoms with Crippen LogP contribution in [0, 0.1) is 41.4 Å². The molecule has 518 valence electrons. The first-order valence-corrected chi connectivity index (χ1v) is 32.7. The number of amides is 11. The predicted octanol–water partition coefficient (Wildman–Crippen LogP) is 3.34. The van der Waals surface area contributed by atoms with Gasteiger partial charge in [-0.1, -0.05) is 109 Å². The summed E-state index contributed by atoms with van der Waals surface area (Å²) in [5.74, 6) is -11.1. The van der Waals surface area contributed by atoms with Gasteiger partial charge in [-0.15, -0.1) is 0 Å². The van der Waals surface area contributed by atoms with Crippen LogP contribution < -0.4 is 21.3 Å². The zero-order valence-corrected chi connectivity index (χ0v) is 59.2. The number of aliphatic hydroxyl groups excluding tert-OH is 1. The summed E-state index contributed by atoms with van der Waals surface area (Å²) in [5.41, 5.74) is 0. The highest BCUT2D eigenvalue weighted by Gasteiger charge is 2.49. The lowest BCUT2D eigenvalue weighted by Crippen LogP contribution is -2.64. The van der Waals surface area contributed by atoms with Gasteiger partial charge in [0.25, 0.3) is 0 Å². The number of hydrogen-bond acceptors (Lipinski definition) is 14. The number of rotatable bonds is 16. The van der Waals surface area contributed by atoms with E-state index in [1.165, 1.54) is 92.5 Å². The maximum atomic E-state index is 15.3. The van der Waals surface area contributed by atoms with Crippen LogP contribution in [0.3, 0.4) is 0 Å². The summed E-state index contributed by atoms with van der Waals surface area (Å²) in [4.78, 5) is 184. The number of ether oxygens (including phenoxy) is 1. The van der Waals surface area contributed by atoms with Crippen molar-refractivity contribution in [1.29, 1.82) is 0 Å². The van der Waals surface area contributed by atoms with Crippen LogP contribution in [0.4, 0.5) is 0 Å². The fraction of sp³-hybridized carbons (Fsp3) is 0.788. The van der Waals surface area contributed by atoms with E-state index < -0.39 is 167 Å². The number of esters is 1. The van der Waals surface area contributed by atoms with Crippen molar-refractivity contribution < 1.29 is 67.4 Å². The van der Waals surface area contributed by atoms with Crippen molar-refractivity contribution in [3.8, 4) is 0 Å². The molecule has 0 aromatic rings. The lowest BCUT2D eigenvalue weighted by molar-refractivity contribution is -0.157. The molecule has 0 saturated carbocycles. The molecule has 0 aromatic carbocycles. The molecule has 14 atom stereocenters. The van der Waals surface area contributed by atoms with Crippen molar-refractivity contribution in [3.05, 3.63) is 12.2 Å². The Morgan fingerprint density at radius 1 is 0.516 bits per heavy atom. The van der Waals surface area contributed by atoms with E-state index in [9.17, 15) is 33.9 Å². The van der Waals surface area contributed by atoms with E-state index in [1.807, 2.05) is 55.4 Å². The molecule has 91 heavy (non-hydrogen) atoms. The van der Waals surface area contributed by atoms with Gasteiger partial charge < -0.3 is 65.4 Å². The van der Waals surface area contributed by atoms with Gasteiger partial charge in [0.2, 0.25) is 65.0 Å². The van der Waals surface area contributed by atoms with Gasteiger partial charge in [0.05, 0.1) is 12.6 Å². The third kappa shape index (κ3) is 21.7. The maximum absolute atomic E-state index is 15.3. The molecule has 2 rings (SSSR count). The third-order valence-electron chi connectivity index (χ3n) is 17.4. The minimum Gasteiger partial charge on any atom is -0.461 e. The Balaban J connectivity index is 3.10. The molecule has 2 aliphatic heterocycles. The van der Waals surface area contributed by atoms with Gasteiger partial charge in [-0.3, -0.25) is 57.5 Å². The average Bonchev–Trinajstić information content (AvgIpc) is 1.83. The molecule has 25 heteroatoms. The average molecular weight is 1290 g/mol. The van der Waals surface area contributed by atoms with Gasteiger partial charge in [-0.25, -0.2) is 0 Å². The second-order valence-electron chi connectivity index (χ2n) is 27.8. The van der Waals surface area contributed by atoms with Gasteiger partial charge in [0.15, 0.2) is 0 Å². The Hall–Kier alpha value is -6.66. The molecular formula is C66H115N11O14. The quantitative estimate of drug-likeness (QED) is 0.109. The molecule has 0 radical (unpaired) electrons. The highest BCUT2D eigenvalue weighted by atomic mass is 16.5. The Bertz CT molecular complexity index is 2570. The molecule has 2 saturated heterocycles. The highest BCUT2D eigenvalue weighted by Crippen LogP contribution is 2.29. The van der Waals surface area contributed by atoms with E-state index in [0.29, 0.717) is 0 Å². The Morgan fingerprint density at radius 2 is 0.945 bits per heavy atom. The minimum absolute atomic E-state index is 0.0633. The number of aliphatic hydroxyl groups is 1. The van der Waals surface area contributed by atoms with Crippen LogP contribution in [0.25, 0.3) is 0 Å². The second kappa shape index (κ2) is 36.0. The van der Waals surface area contributed by atoms with Crippen LogP contribution in [-0.2, 0) is 62.3 Å². The molecule has 0 aliphatic carbocycles. The lowest BCUT2D eigenvalue weighted by Gasteiger charge is -2.41. The number of nitrogens with zero attached hydrogens (tertiary/aromatic N) is 7. The number of nitrogens with one attached hydrogen (secondary N) is 4. The molecule has 2 fully saturated rings. The van der Waals surface area contributed by atoms with Crippen LogP contribution in [0.5, 0.6) is 0 Å². The molecule has 11 amide bonds. The molecule has 0 spiro atoms. The van der Waals surface area contributed by atoms with Crippen LogP contribution in [0.2, 0.25) is 0 Å². The van der Waals surface area contributed by atoms with E-state index in [1.54, 1.807) is 60.6 Å². The molecule has 25 nitrogen and oxygen atoms in total. The number of fused-ring (bicyclic) bond motifs is 1. The molecule has 0 bridgehead atoms. The topological polar surface area (TPSA) is 305 Å². The maximum Gasteiger partial charge on any atom is 0.302 e. The smallest absolute Gasteiger partial charge is 0.302 e. The van der Waals surface area contributed by atoms with Crippen LogP contribution in [0.1, 0.15) is 170 Å². The van der Waals surface area contributed by atoms with E-state index in [2.05, 4.69) is 21.3 Å². The summed E-state index contributed by atoms with van der Waals surface area (Å²) in [5, 5.41) is 23.3. The van der Waals surface area contributed by atoms with Crippen LogP contribution >= 0.6 is 0 Å². The number of carbonyl (C=O) groups excluding carboxylic acids is 12. The van der Waals surface area contributed by atoms with Crippen LogP contribution in [0.15, 0.2) is 12.2 Å². The lowest BCUT2D eigenvalue weighted by atomic mass is 9.91. The normalized spacial score (nSPS) is 28.1. The van der Waals surface area contributed by atoms with E-state index in [4.69, 9.17) is 4.74 Å². The van der Waals surface area contributed by atoms with Crippen LogP contribution in [-0.4, -0.2) is 238 Å². The number of hydrogen-bond donors (Lipinski definition) is 5. The summed E-state index contributed by atoms with van der Waals surface area (Å²) in [6.45, 7) is 30.5. The fourth-order valence-corrected chi connectivity index (χ4v) is 12.0. The first kappa shape index (κ1) is 80.4. The molecule has 5 N–H and O–H groups in total. The molecule has 1 unspecified atom stereocenters. The second-order valence-corrected chi connectivity index (χ2v) is 27.8. The molecule has 0 aromatic heterocycles. The monoisotopic (exact) mass is 1290 g/mol. The summed E-state index contributed by atoms with van der Waals surface area (Å²) < 4.78 is 5.61. The van der Waals surface area contributed by atoms with E-state index >= 15 is 28.8 Å². The standard InChI is InChI=1S/C66H115N11O14/c1-25-27-28-41(15)55(79)54-59(83)69-46(26-2)61(85)77-34-45(91-44(18)78)33-51(77)64(88)71(19)48(30-36(5)6)58(82)70-52(39(11)12)65(89)72(20)47(29-35(3)4)57(81)67-42(16)56(80)68-43(17)60(84)73(21)49(31-37(7)8)62(86)74(22)50(32-38(9)10)63(87)75(23)53(40(13)14)66(90)76(54)24/h25,27,35-43,45-55,79H,26,28-34H2,1-24H3,(H,67,81)(H,68,80)(H,69,83)(H,70,82)/b27-25+/t41-,42+,43-,45?,46+,47+,48+,49+,50+,51-,52+,53+,54+,55-/m1/s1. The predicted molar refractivity (Wildman–Crippen MR) is 346 cm³/mol. The van der Waals surface area contributed by atoms with Crippen molar-refractivity contribution in [3.63, 3.8) is 0 Å². The summed E-state index contributed by atoms with van der Waals surface area (Å²) >= 11 is 0. The molecular weight excluding hydrogens is 1170 g/mol. The Labute approximate surface area is 542 Å². The number of allylic oxidation sites excluding steroid dienone is 2. The first-order valence-electron chi connectivity index (χ1n) is 32.7. The number of likely N-dealkylation sites (N-methyl/N-ethyl adjacent to an activating group) is 6. The Morgan fingerprint density at radius 3 is 1.40 bits per heavy atom. The van der Waals surface area contributed by atoms with Gasteiger partial charge >= 0.3 is 5.97 Å². The SMILES string of the molecule is C/C=C/C[C@@H](C)[C@@H](O)[C@H]1C(=O)N[C@@H](CC)C(=O)N2CC(OC(C)=O)C[C@@H]2C(=O)N(C)[C@@H](CC(C)C)C(=O)N[C@@H](C(C)C)C(=O)N(C)[C@@H](CC(C)C)C(=O)N[C@@H](C)C(=O)N[C@H](C)C(=O)N(C)[C@@H](CC(C)C)C(=O)N(C)[C@@H](CC(C)C)C(=O)N(C)[C@@H](C(C)C)C(=O)N1C. The number of carbonyl (C=O) groups is 12. The van der Waals surface area contributed by atoms with Gasteiger partial charge in [0, 0.05) is 55.6 Å². The van der Waals surface area contributed by atoms with Crippen molar-refractivity contribution in [2.75, 3.05) is 48.8 Å². The fourth-order valence-electron chi connectivity index (χ4n) is 12.0. The Kier molecular flexibility index (Phi) is 31.8. The van der Waals surface area contributed by atoms with Crippen molar-refractivity contribution in [2.45, 2.75) is 248 Å². The highest BCUT2D eigenvalue weighted by molar-refractivity contribution is 6.00. The van der Waals surface area contributed by atoms with Crippen molar-refractivity contribution >= 4 is 70.9 Å². The van der Waals surface area contributed by atoms with E-state index in [-0.39, 0.29) is 75.2 Å².